The molecule has 0 fully saturated rings. The van der Waals surface area contributed by atoms with Crippen LogP contribution in [0.2, 0.25) is 0 Å². The molecule has 0 aliphatic rings. The molecule has 0 amide bonds. The Bertz CT molecular complexity index is 497. The fourth-order valence-electron chi connectivity index (χ4n) is 2.00. The van der Waals surface area contributed by atoms with Crippen molar-refractivity contribution in [3.63, 3.8) is 0 Å². The van der Waals surface area contributed by atoms with Crippen molar-refractivity contribution >= 4 is 10.8 Å². The number of aliphatic hydroxyl groups excluding tert-OH is 1. The topological polar surface area (TPSA) is 45.1 Å². The molecule has 18 heavy (non-hydrogen) atoms. The summed E-state index contributed by atoms with van der Waals surface area (Å²) in [4.78, 5) is 4.11. The van der Waals surface area contributed by atoms with Crippen molar-refractivity contribution in [1.82, 2.24) is 10.3 Å². The Morgan fingerprint density at radius 1 is 1.28 bits per heavy atom. The quantitative estimate of drug-likeness (QED) is 0.767. The molecule has 3 heteroatoms. The van der Waals surface area contributed by atoms with Crippen molar-refractivity contribution in [2.45, 2.75) is 32.4 Å². The van der Waals surface area contributed by atoms with Gasteiger partial charge in [-0.25, -0.2) is 0 Å². The van der Waals surface area contributed by atoms with E-state index < -0.39 is 0 Å². The highest BCUT2D eigenvalue weighted by molar-refractivity contribution is 5.81. The molecule has 0 radical (unpaired) electrons. The van der Waals surface area contributed by atoms with Gasteiger partial charge in [0.2, 0.25) is 0 Å². The van der Waals surface area contributed by atoms with E-state index in [-0.39, 0.29) is 6.10 Å². The number of pyridine rings is 1. The standard InChI is InChI=1S/C15H20N2O/c1-12(18)3-2-7-16-10-13-4-5-15-11-17-8-6-14(15)9-13/h4-6,8-9,11-12,16,18H,2-3,7,10H2,1H3. The van der Waals surface area contributed by atoms with Crippen LogP contribution in [-0.2, 0) is 6.54 Å². The van der Waals surface area contributed by atoms with Gasteiger partial charge in [-0.15, -0.1) is 0 Å². The van der Waals surface area contributed by atoms with E-state index in [0.717, 1.165) is 25.9 Å². The van der Waals surface area contributed by atoms with Crippen molar-refractivity contribution in [2.24, 2.45) is 0 Å². The lowest BCUT2D eigenvalue weighted by atomic mass is 10.1. The predicted molar refractivity (Wildman–Crippen MR) is 74.4 cm³/mol. The lowest BCUT2D eigenvalue weighted by molar-refractivity contribution is 0.181. The minimum Gasteiger partial charge on any atom is -0.393 e. The van der Waals surface area contributed by atoms with Gasteiger partial charge in [-0.3, -0.25) is 4.98 Å². The average Bonchev–Trinajstić information content (AvgIpc) is 2.38. The molecule has 1 aromatic heterocycles. The Morgan fingerprint density at radius 2 is 2.17 bits per heavy atom. The highest BCUT2D eigenvalue weighted by Crippen LogP contribution is 2.14. The second kappa shape index (κ2) is 6.47. The van der Waals surface area contributed by atoms with Crippen molar-refractivity contribution in [3.8, 4) is 0 Å². The fraction of sp³-hybridized carbons (Fsp3) is 0.400. The Labute approximate surface area is 108 Å². The molecular weight excluding hydrogens is 224 g/mol. The summed E-state index contributed by atoms with van der Waals surface area (Å²) in [5, 5.41) is 15.0. The summed E-state index contributed by atoms with van der Waals surface area (Å²) in [7, 11) is 0. The first-order valence-electron chi connectivity index (χ1n) is 6.47. The van der Waals surface area contributed by atoms with Crippen LogP contribution in [0.5, 0.6) is 0 Å². The third kappa shape index (κ3) is 3.79. The van der Waals surface area contributed by atoms with Crippen LogP contribution in [0.25, 0.3) is 10.8 Å². The molecule has 96 valence electrons. The number of hydrogen-bond donors (Lipinski definition) is 2. The van der Waals surface area contributed by atoms with Gasteiger partial charge in [-0.1, -0.05) is 12.1 Å². The van der Waals surface area contributed by atoms with Crippen molar-refractivity contribution in [3.05, 3.63) is 42.2 Å². The zero-order chi connectivity index (χ0) is 12.8. The van der Waals surface area contributed by atoms with Gasteiger partial charge >= 0.3 is 0 Å². The number of benzene rings is 1. The molecule has 2 rings (SSSR count). The number of rotatable bonds is 6. The summed E-state index contributed by atoms with van der Waals surface area (Å²) in [5.41, 5.74) is 1.28. The van der Waals surface area contributed by atoms with Gasteiger partial charge in [0.25, 0.3) is 0 Å². The Hall–Kier alpha value is -1.45. The van der Waals surface area contributed by atoms with E-state index in [9.17, 15) is 0 Å². The monoisotopic (exact) mass is 244 g/mol. The maximum absolute atomic E-state index is 9.15. The van der Waals surface area contributed by atoms with Crippen LogP contribution >= 0.6 is 0 Å². The summed E-state index contributed by atoms with van der Waals surface area (Å²) in [6.45, 7) is 3.65. The Balaban J connectivity index is 1.84. The van der Waals surface area contributed by atoms with E-state index >= 15 is 0 Å². The van der Waals surface area contributed by atoms with E-state index in [4.69, 9.17) is 5.11 Å². The van der Waals surface area contributed by atoms with Crippen LogP contribution in [0.3, 0.4) is 0 Å². The number of aromatic nitrogens is 1. The molecule has 3 nitrogen and oxygen atoms in total. The van der Waals surface area contributed by atoms with Crippen LogP contribution in [-0.4, -0.2) is 22.7 Å². The smallest absolute Gasteiger partial charge is 0.0512 e. The normalized spacial score (nSPS) is 12.8. The minimum atomic E-state index is -0.194. The summed E-state index contributed by atoms with van der Waals surface area (Å²) in [5.74, 6) is 0. The van der Waals surface area contributed by atoms with Gasteiger partial charge in [0, 0.05) is 24.3 Å². The summed E-state index contributed by atoms with van der Waals surface area (Å²) in [6, 6.07) is 8.46. The second-order valence-corrected chi connectivity index (χ2v) is 4.73. The molecule has 0 bridgehead atoms. The predicted octanol–water partition coefficient (Wildman–Crippen LogP) is 2.49. The number of nitrogens with one attached hydrogen (secondary N) is 1. The SMILES string of the molecule is CC(O)CCCNCc1ccc2cnccc2c1. The molecule has 0 aliphatic carbocycles. The Kier molecular flexibility index (Phi) is 4.67. The number of fused-ring (bicyclic) bond motifs is 1. The van der Waals surface area contributed by atoms with Crippen molar-refractivity contribution < 1.29 is 5.11 Å². The average molecular weight is 244 g/mol. The van der Waals surface area contributed by atoms with Crippen LogP contribution in [0.1, 0.15) is 25.3 Å². The number of nitrogens with zero attached hydrogens (tertiary/aromatic N) is 1. The molecule has 0 saturated carbocycles. The van der Waals surface area contributed by atoms with E-state index in [1.807, 2.05) is 25.4 Å². The lowest BCUT2D eigenvalue weighted by Crippen LogP contribution is -2.16. The largest absolute Gasteiger partial charge is 0.393 e. The third-order valence-corrected chi connectivity index (χ3v) is 3.01. The number of aliphatic hydroxyl groups is 1. The van der Waals surface area contributed by atoms with Crippen molar-refractivity contribution in [2.75, 3.05) is 6.54 Å². The molecule has 0 aliphatic heterocycles. The van der Waals surface area contributed by atoms with E-state index in [0.29, 0.717) is 0 Å². The summed E-state index contributed by atoms with van der Waals surface area (Å²) in [6.07, 6.45) is 5.38. The molecule has 1 atom stereocenters. The highest BCUT2D eigenvalue weighted by Gasteiger charge is 1.98. The second-order valence-electron chi connectivity index (χ2n) is 4.73. The van der Waals surface area contributed by atoms with Crippen molar-refractivity contribution in [1.29, 1.82) is 0 Å². The van der Waals surface area contributed by atoms with E-state index in [2.05, 4.69) is 28.5 Å². The van der Waals surface area contributed by atoms with Crippen LogP contribution in [0.15, 0.2) is 36.7 Å². The minimum absolute atomic E-state index is 0.194. The Morgan fingerprint density at radius 3 is 3.00 bits per heavy atom. The van der Waals surface area contributed by atoms with Crippen LogP contribution < -0.4 is 5.32 Å². The zero-order valence-corrected chi connectivity index (χ0v) is 10.8. The number of hydrogen-bond acceptors (Lipinski definition) is 3. The fourth-order valence-corrected chi connectivity index (χ4v) is 2.00. The maximum atomic E-state index is 9.15. The molecule has 1 aromatic carbocycles. The van der Waals surface area contributed by atoms with Gasteiger partial charge in [0.15, 0.2) is 0 Å². The molecule has 0 saturated heterocycles. The van der Waals surface area contributed by atoms with Crippen LogP contribution in [0, 0.1) is 0 Å². The zero-order valence-electron chi connectivity index (χ0n) is 10.8. The lowest BCUT2D eigenvalue weighted by Gasteiger charge is -2.07. The molecule has 2 aromatic rings. The first-order chi connectivity index (χ1) is 8.75. The molecule has 1 heterocycles. The van der Waals surface area contributed by atoms with E-state index in [1.165, 1.54) is 16.3 Å². The molecular formula is C15H20N2O. The van der Waals surface area contributed by atoms with Gasteiger partial charge in [-0.2, -0.15) is 0 Å². The van der Waals surface area contributed by atoms with Gasteiger partial charge in [0.1, 0.15) is 0 Å². The third-order valence-electron chi connectivity index (χ3n) is 3.01. The molecule has 1 unspecified atom stereocenters. The molecule has 2 N–H and O–H groups in total. The first-order valence-corrected chi connectivity index (χ1v) is 6.47. The van der Waals surface area contributed by atoms with Gasteiger partial charge < -0.3 is 10.4 Å². The summed E-state index contributed by atoms with van der Waals surface area (Å²) >= 11 is 0. The first kappa shape index (κ1) is 13.0. The van der Waals surface area contributed by atoms with E-state index in [1.54, 1.807) is 0 Å². The van der Waals surface area contributed by atoms with Gasteiger partial charge in [0.05, 0.1) is 6.10 Å². The van der Waals surface area contributed by atoms with Crippen LogP contribution in [0.4, 0.5) is 0 Å². The van der Waals surface area contributed by atoms with Gasteiger partial charge in [-0.05, 0) is 49.4 Å². The summed E-state index contributed by atoms with van der Waals surface area (Å²) < 4.78 is 0. The molecule has 0 spiro atoms. The highest BCUT2D eigenvalue weighted by atomic mass is 16.3. The maximum Gasteiger partial charge on any atom is 0.0512 e.